The predicted octanol–water partition coefficient (Wildman–Crippen LogP) is -0.831. The van der Waals surface area contributed by atoms with Gasteiger partial charge in [0.15, 0.2) is 0 Å². The van der Waals surface area contributed by atoms with Crippen LogP contribution >= 0.6 is 0 Å². The minimum atomic E-state index is -1.06. The molecular formula is C11H18N4O4. The second-order valence-electron chi connectivity index (χ2n) is 4.37. The second kappa shape index (κ2) is 5.68. The van der Waals surface area contributed by atoms with Crippen molar-refractivity contribution in [3.05, 3.63) is 20.8 Å². The van der Waals surface area contributed by atoms with Crippen LogP contribution in [0.3, 0.4) is 0 Å². The van der Waals surface area contributed by atoms with E-state index in [1.54, 1.807) is 6.92 Å². The number of carbonyl (C=O) groups is 1. The molecule has 0 saturated carbocycles. The van der Waals surface area contributed by atoms with Crippen LogP contribution in [0.2, 0.25) is 0 Å². The molecule has 19 heavy (non-hydrogen) atoms. The number of aliphatic carboxylic acids is 1. The summed E-state index contributed by atoms with van der Waals surface area (Å²) >= 11 is 0. The van der Waals surface area contributed by atoms with E-state index in [9.17, 15) is 14.4 Å². The lowest BCUT2D eigenvalue weighted by molar-refractivity contribution is -0.135. The lowest BCUT2D eigenvalue weighted by Gasteiger charge is -2.27. The third kappa shape index (κ3) is 3.01. The Bertz CT molecular complexity index is 589. The van der Waals surface area contributed by atoms with E-state index in [0.29, 0.717) is 6.42 Å². The van der Waals surface area contributed by atoms with Gasteiger partial charge in [-0.25, -0.2) is 9.48 Å². The van der Waals surface area contributed by atoms with Gasteiger partial charge in [0.1, 0.15) is 6.54 Å². The van der Waals surface area contributed by atoms with Crippen molar-refractivity contribution in [2.75, 3.05) is 11.4 Å². The van der Waals surface area contributed by atoms with Gasteiger partial charge in [0.05, 0.1) is 0 Å². The van der Waals surface area contributed by atoms with Crippen LogP contribution in [-0.2, 0) is 18.9 Å². The zero-order valence-electron chi connectivity index (χ0n) is 11.5. The number of anilines is 1. The maximum Gasteiger partial charge on any atom is 0.346 e. The molecule has 0 bridgehead atoms. The summed E-state index contributed by atoms with van der Waals surface area (Å²) in [6, 6.07) is -0.172. The number of rotatable bonds is 5. The zero-order chi connectivity index (χ0) is 14.7. The molecule has 1 N–H and O–H groups in total. The number of aromatic nitrogens is 3. The first-order valence-electron chi connectivity index (χ1n) is 5.92. The van der Waals surface area contributed by atoms with Gasteiger partial charge in [-0.3, -0.25) is 14.2 Å². The van der Waals surface area contributed by atoms with Crippen LogP contribution in [-0.4, -0.2) is 38.0 Å². The normalized spacial score (nSPS) is 12.2. The Kier molecular flexibility index (Phi) is 4.47. The van der Waals surface area contributed by atoms with Gasteiger partial charge in [-0.2, -0.15) is 0 Å². The maximum atomic E-state index is 12.0. The quantitative estimate of drug-likeness (QED) is 0.750. The van der Waals surface area contributed by atoms with Gasteiger partial charge in [-0.05, 0) is 13.3 Å². The molecule has 1 atom stereocenters. The van der Waals surface area contributed by atoms with Crippen molar-refractivity contribution in [1.29, 1.82) is 0 Å². The van der Waals surface area contributed by atoms with Gasteiger partial charge in [-0.1, -0.05) is 6.92 Å². The second-order valence-corrected chi connectivity index (χ2v) is 4.37. The minimum absolute atomic E-state index is 0.0265. The molecule has 1 rings (SSSR count). The molecule has 0 spiro atoms. The van der Waals surface area contributed by atoms with Crippen molar-refractivity contribution >= 4 is 11.8 Å². The third-order valence-electron chi connectivity index (χ3n) is 3.00. The Labute approximate surface area is 109 Å². The summed E-state index contributed by atoms with van der Waals surface area (Å²) in [5, 5.41) is 12.8. The van der Waals surface area contributed by atoms with Gasteiger partial charge in [0, 0.05) is 20.1 Å². The van der Waals surface area contributed by atoms with Gasteiger partial charge in [0.2, 0.25) is 5.82 Å². The van der Waals surface area contributed by atoms with Gasteiger partial charge < -0.3 is 10.0 Å². The first-order valence-corrected chi connectivity index (χ1v) is 5.92. The highest BCUT2D eigenvalue weighted by atomic mass is 16.4. The van der Waals surface area contributed by atoms with Crippen LogP contribution in [0.25, 0.3) is 0 Å². The molecule has 8 nitrogen and oxygen atoms in total. The highest BCUT2D eigenvalue weighted by Gasteiger charge is 2.22. The molecule has 0 fully saturated rings. The fourth-order valence-electron chi connectivity index (χ4n) is 1.67. The van der Waals surface area contributed by atoms with E-state index in [0.717, 1.165) is 9.25 Å². The highest BCUT2D eigenvalue weighted by Crippen LogP contribution is 2.10. The summed E-state index contributed by atoms with van der Waals surface area (Å²) in [6.07, 6.45) is 0.654. The molecule has 0 aliphatic carbocycles. The van der Waals surface area contributed by atoms with E-state index in [-0.39, 0.29) is 18.4 Å². The SMILES string of the molecule is CCC(C)N(CC(=O)O)c1nn(C)c(=O)n(C)c1=O. The van der Waals surface area contributed by atoms with Crippen LogP contribution < -0.4 is 16.1 Å². The molecule has 106 valence electrons. The van der Waals surface area contributed by atoms with E-state index in [1.165, 1.54) is 19.0 Å². The minimum Gasteiger partial charge on any atom is -0.480 e. The number of hydrogen-bond donors (Lipinski definition) is 1. The Morgan fingerprint density at radius 1 is 1.42 bits per heavy atom. The summed E-state index contributed by atoms with van der Waals surface area (Å²) in [6.45, 7) is 3.34. The Hall–Kier alpha value is -2.12. The largest absolute Gasteiger partial charge is 0.480 e. The van der Waals surface area contributed by atoms with Gasteiger partial charge in [-0.15, -0.1) is 5.10 Å². The molecule has 0 saturated heterocycles. The third-order valence-corrected chi connectivity index (χ3v) is 3.00. The topological polar surface area (TPSA) is 97.4 Å². The van der Waals surface area contributed by atoms with E-state index in [4.69, 9.17) is 5.11 Å². The predicted molar refractivity (Wildman–Crippen MR) is 69.5 cm³/mol. The van der Waals surface area contributed by atoms with Crippen molar-refractivity contribution in [1.82, 2.24) is 14.3 Å². The van der Waals surface area contributed by atoms with E-state index >= 15 is 0 Å². The van der Waals surface area contributed by atoms with Crippen LogP contribution in [0.15, 0.2) is 9.59 Å². The standard InChI is InChI=1S/C11H18N4O4/c1-5-7(2)15(6-8(16)17)9-10(18)13(3)11(19)14(4)12-9/h7H,5-6H2,1-4H3,(H,16,17). The van der Waals surface area contributed by atoms with Gasteiger partial charge in [0.25, 0.3) is 5.56 Å². The van der Waals surface area contributed by atoms with E-state index in [2.05, 4.69) is 5.10 Å². The molecule has 1 aromatic rings. The average molecular weight is 270 g/mol. The Morgan fingerprint density at radius 3 is 2.47 bits per heavy atom. The Morgan fingerprint density at radius 2 is 2.00 bits per heavy atom. The number of carboxylic acids is 1. The molecule has 0 aromatic carbocycles. The summed E-state index contributed by atoms with van der Waals surface area (Å²) in [5.41, 5.74) is -1.14. The van der Waals surface area contributed by atoms with Crippen LogP contribution in [0.4, 0.5) is 5.82 Å². The van der Waals surface area contributed by atoms with Crippen LogP contribution in [0, 0.1) is 0 Å². The molecule has 0 aliphatic heterocycles. The van der Waals surface area contributed by atoms with Crippen molar-refractivity contribution in [3.63, 3.8) is 0 Å². The molecule has 8 heteroatoms. The molecule has 1 unspecified atom stereocenters. The van der Waals surface area contributed by atoms with Crippen LogP contribution in [0.1, 0.15) is 20.3 Å². The molecule has 0 amide bonds. The summed E-state index contributed by atoms with van der Waals surface area (Å²) in [4.78, 5) is 35.9. The number of carboxylic acid groups (broad SMARTS) is 1. The lowest BCUT2D eigenvalue weighted by Crippen LogP contribution is -2.47. The summed E-state index contributed by atoms with van der Waals surface area (Å²) in [7, 11) is 2.76. The smallest absolute Gasteiger partial charge is 0.346 e. The molecule has 1 aromatic heterocycles. The molecule has 1 heterocycles. The lowest BCUT2D eigenvalue weighted by atomic mass is 10.2. The van der Waals surface area contributed by atoms with Crippen molar-refractivity contribution in [3.8, 4) is 0 Å². The number of hydrogen-bond acceptors (Lipinski definition) is 5. The Balaban J connectivity index is 3.42. The first-order chi connectivity index (χ1) is 8.79. The fraction of sp³-hybridized carbons (Fsp3) is 0.636. The van der Waals surface area contributed by atoms with Crippen molar-refractivity contribution < 1.29 is 9.90 Å². The average Bonchev–Trinajstić information content (AvgIpc) is 2.37. The van der Waals surface area contributed by atoms with Gasteiger partial charge >= 0.3 is 11.7 Å². The van der Waals surface area contributed by atoms with Crippen molar-refractivity contribution in [2.24, 2.45) is 14.1 Å². The molecular weight excluding hydrogens is 252 g/mol. The summed E-state index contributed by atoms with van der Waals surface area (Å²) < 4.78 is 1.94. The van der Waals surface area contributed by atoms with E-state index < -0.39 is 17.2 Å². The number of aryl methyl sites for hydroxylation is 1. The highest BCUT2D eigenvalue weighted by molar-refractivity contribution is 5.73. The fourth-order valence-corrected chi connectivity index (χ4v) is 1.67. The summed E-state index contributed by atoms with van der Waals surface area (Å²) in [5.74, 6) is -1.08. The molecule has 0 radical (unpaired) electrons. The van der Waals surface area contributed by atoms with Crippen molar-refractivity contribution in [2.45, 2.75) is 26.3 Å². The van der Waals surface area contributed by atoms with Crippen LogP contribution in [0.5, 0.6) is 0 Å². The zero-order valence-corrected chi connectivity index (χ0v) is 11.5. The molecule has 0 aliphatic rings. The maximum absolute atomic E-state index is 12.0. The first kappa shape index (κ1) is 14.9. The number of nitrogens with zero attached hydrogens (tertiary/aromatic N) is 4. The van der Waals surface area contributed by atoms with E-state index in [1.807, 2.05) is 6.92 Å². The monoisotopic (exact) mass is 270 g/mol.